The Kier molecular flexibility index (Phi) is 5.70. The molecule has 1 aliphatic rings. The van der Waals surface area contributed by atoms with Gasteiger partial charge in [0.15, 0.2) is 0 Å². The standard InChI is InChI=1S/C18H14Cl3FN2O2/c19-10-3-5-13(21)12(8-10)18(26)24-7-1-2-16(24)17(25)23-15-6-4-11(20)9-14(15)22/h3-6,8-9,16H,1-2,7H2,(H,23,25). The number of hydrogen-bond acceptors (Lipinski definition) is 2. The first-order chi connectivity index (χ1) is 12.4. The number of hydrogen-bond donors (Lipinski definition) is 1. The maximum atomic E-state index is 13.9. The van der Waals surface area contributed by atoms with Gasteiger partial charge in [0.1, 0.15) is 11.9 Å². The van der Waals surface area contributed by atoms with E-state index in [1.165, 1.54) is 29.2 Å². The molecule has 1 heterocycles. The monoisotopic (exact) mass is 414 g/mol. The summed E-state index contributed by atoms with van der Waals surface area (Å²) in [6, 6.07) is 7.84. The van der Waals surface area contributed by atoms with Gasteiger partial charge < -0.3 is 10.2 Å². The van der Waals surface area contributed by atoms with E-state index in [4.69, 9.17) is 34.8 Å². The summed E-state index contributed by atoms with van der Waals surface area (Å²) in [5.41, 5.74) is 0.246. The number of nitrogens with zero attached hydrogens (tertiary/aromatic N) is 1. The normalized spacial score (nSPS) is 16.6. The molecule has 0 radical (unpaired) electrons. The molecule has 8 heteroatoms. The van der Waals surface area contributed by atoms with E-state index in [2.05, 4.69) is 5.32 Å². The Hall–Kier alpha value is -1.82. The maximum absolute atomic E-state index is 13.9. The van der Waals surface area contributed by atoms with E-state index < -0.39 is 17.8 Å². The van der Waals surface area contributed by atoms with Crippen LogP contribution in [0.2, 0.25) is 15.1 Å². The van der Waals surface area contributed by atoms with Gasteiger partial charge in [0, 0.05) is 16.6 Å². The molecule has 2 aromatic carbocycles. The highest BCUT2D eigenvalue weighted by Gasteiger charge is 2.35. The quantitative estimate of drug-likeness (QED) is 0.764. The third-order valence-electron chi connectivity index (χ3n) is 4.16. The lowest BCUT2D eigenvalue weighted by Crippen LogP contribution is -2.43. The SMILES string of the molecule is O=C(Nc1ccc(Cl)cc1F)C1CCCN1C(=O)c1cc(Cl)ccc1Cl. The van der Waals surface area contributed by atoms with E-state index in [9.17, 15) is 14.0 Å². The second-order valence-electron chi connectivity index (χ2n) is 5.89. The fourth-order valence-corrected chi connectivity index (χ4v) is 3.43. The van der Waals surface area contributed by atoms with Gasteiger partial charge in [-0.2, -0.15) is 0 Å². The third-order valence-corrected chi connectivity index (χ3v) is 4.96. The summed E-state index contributed by atoms with van der Waals surface area (Å²) < 4.78 is 13.9. The summed E-state index contributed by atoms with van der Waals surface area (Å²) in [7, 11) is 0. The molecule has 1 unspecified atom stereocenters. The van der Waals surface area contributed by atoms with Crippen LogP contribution in [-0.2, 0) is 4.79 Å². The van der Waals surface area contributed by atoms with E-state index >= 15 is 0 Å². The predicted octanol–water partition coefficient (Wildman–Crippen LogP) is 5.03. The first kappa shape index (κ1) is 19.0. The van der Waals surface area contributed by atoms with Crippen LogP contribution >= 0.6 is 34.8 Å². The molecule has 4 nitrogen and oxygen atoms in total. The van der Waals surface area contributed by atoms with Crippen LogP contribution in [0.15, 0.2) is 36.4 Å². The maximum Gasteiger partial charge on any atom is 0.256 e. The first-order valence-corrected chi connectivity index (χ1v) is 9.02. The van der Waals surface area contributed by atoms with Gasteiger partial charge >= 0.3 is 0 Å². The lowest BCUT2D eigenvalue weighted by Gasteiger charge is -2.24. The Morgan fingerprint density at radius 1 is 1.08 bits per heavy atom. The van der Waals surface area contributed by atoms with Crippen LogP contribution in [-0.4, -0.2) is 29.3 Å². The minimum Gasteiger partial charge on any atom is -0.327 e. The van der Waals surface area contributed by atoms with Gasteiger partial charge in [0.2, 0.25) is 5.91 Å². The van der Waals surface area contributed by atoms with E-state index in [1.807, 2.05) is 0 Å². The van der Waals surface area contributed by atoms with E-state index in [1.54, 1.807) is 6.07 Å². The molecule has 0 spiro atoms. The van der Waals surface area contributed by atoms with Gasteiger partial charge in [0.05, 0.1) is 16.3 Å². The topological polar surface area (TPSA) is 49.4 Å². The number of amides is 2. The molecule has 1 atom stereocenters. The summed E-state index contributed by atoms with van der Waals surface area (Å²) >= 11 is 17.7. The highest BCUT2D eigenvalue weighted by Crippen LogP contribution is 2.27. The van der Waals surface area contributed by atoms with Crippen LogP contribution in [0.25, 0.3) is 0 Å². The number of likely N-dealkylation sites (tertiary alicyclic amines) is 1. The number of anilines is 1. The van der Waals surface area contributed by atoms with Gasteiger partial charge in [-0.25, -0.2) is 4.39 Å². The molecule has 26 heavy (non-hydrogen) atoms. The van der Waals surface area contributed by atoms with Crippen molar-refractivity contribution in [2.45, 2.75) is 18.9 Å². The number of carbonyl (C=O) groups excluding carboxylic acids is 2. The minimum absolute atomic E-state index is 0.0134. The lowest BCUT2D eigenvalue weighted by atomic mass is 10.1. The molecule has 2 aromatic rings. The van der Waals surface area contributed by atoms with Crippen molar-refractivity contribution in [3.8, 4) is 0 Å². The second-order valence-corrected chi connectivity index (χ2v) is 7.17. The molecule has 0 bridgehead atoms. The third kappa shape index (κ3) is 3.95. The zero-order valence-electron chi connectivity index (χ0n) is 13.4. The molecule has 0 aromatic heterocycles. The predicted molar refractivity (Wildman–Crippen MR) is 101 cm³/mol. The van der Waals surface area contributed by atoms with Gasteiger partial charge in [-0.3, -0.25) is 9.59 Å². The highest BCUT2D eigenvalue weighted by molar-refractivity contribution is 6.35. The Morgan fingerprint density at radius 3 is 2.50 bits per heavy atom. The average molecular weight is 416 g/mol. The van der Waals surface area contributed by atoms with E-state index in [0.29, 0.717) is 24.4 Å². The first-order valence-electron chi connectivity index (χ1n) is 7.89. The minimum atomic E-state index is -0.715. The van der Waals surface area contributed by atoms with Gasteiger partial charge in [0.25, 0.3) is 5.91 Å². The van der Waals surface area contributed by atoms with Crippen molar-refractivity contribution in [1.29, 1.82) is 0 Å². The number of nitrogens with one attached hydrogen (secondary N) is 1. The Bertz CT molecular complexity index is 876. The van der Waals surface area contributed by atoms with Crippen molar-refractivity contribution in [3.05, 3.63) is 62.8 Å². The zero-order valence-corrected chi connectivity index (χ0v) is 15.7. The number of benzene rings is 2. The lowest BCUT2D eigenvalue weighted by molar-refractivity contribution is -0.119. The van der Waals surface area contributed by atoms with Crippen molar-refractivity contribution < 1.29 is 14.0 Å². The van der Waals surface area contributed by atoms with E-state index in [0.717, 1.165) is 6.07 Å². The highest BCUT2D eigenvalue weighted by atomic mass is 35.5. The molecule has 1 saturated heterocycles. The second kappa shape index (κ2) is 7.82. The largest absolute Gasteiger partial charge is 0.327 e. The molecule has 136 valence electrons. The molecule has 1 N–H and O–H groups in total. The number of carbonyl (C=O) groups is 2. The van der Waals surface area contributed by atoms with Crippen molar-refractivity contribution in [2.75, 3.05) is 11.9 Å². The van der Waals surface area contributed by atoms with Crippen LogP contribution < -0.4 is 5.32 Å². The van der Waals surface area contributed by atoms with E-state index in [-0.39, 0.29) is 27.2 Å². The summed E-state index contributed by atoms with van der Waals surface area (Å²) in [6.07, 6.45) is 1.13. The molecule has 3 rings (SSSR count). The fraction of sp³-hybridized carbons (Fsp3) is 0.222. The molecule has 0 aliphatic carbocycles. The zero-order chi connectivity index (χ0) is 18.8. The van der Waals surface area contributed by atoms with Gasteiger partial charge in [-0.05, 0) is 49.2 Å². The molecule has 2 amide bonds. The molecular formula is C18H14Cl3FN2O2. The van der Waals surface area contributed by atoms with Crippen molar-refractivity contribution in [3.63, 3.8) is 0 Å². The average Bonchev–Trinajstić information content (AvgIpc) is 3.08. The van der Waals surface area contributed by atoms with Crippen LogP contribution in [0.3, 0.4) is 0 Å². The van der Waals surface area contributed by atoms with Crippen molar-refractivity contribution in [1.82, 2.24) is 4.90 Å². The van der Waals surface area contributed by atoms with Crippen LogP contribution in [0.4, 0.5) is 10.1 Å². The Labute approximate surface area is 164 Å². The Morgan fingerprint density at radius 2 is 1.77 bits per heavy atom. The number of rotatable bonds is 3. The van der Waals surface area contributed by atoms with Crippen molar-refractivity contribution in [2.24, 2.45) is 0 Å². The summed E-state index contributed by atoms with van der Waals surface area (Å²) in [5.74, 6) is -1.48. The van der Waals surface area contributed by atoms with Gasteiger partial charge in [-0.1, -0.05) is 34.8 Å². The molecular weight excluding hydrogens is 402 g/mol. The fourth-order valence-electron chi connectivity index (χ4n) is 2.91. The smallest absolute Gasteiger partial charge is 0.256 e. The van der Waals surface area contributed by atoms with Crippen molar-refractivity contribution >= 4 is 52.3 Å². The summed E-state index contributed by atoms with van der Waals surface area (Å²) in [5, 5.41) is 3.38. The van der Waals surface area contributed by atoms with Crippen LogP contribution in [0.5, 0.6) is 0 Å². The Balaban J connectivity index is 1.80. The van der Waals surface area contributed by atoms with Crippen LogP contribution in [0.1, 0.15) is 23.2 Å². The molecule has 0 saturated carbocycles. The summed E-state index contributed by atoms with van der Waals surface area (Å²) in [4.78, 5) is 26.8. The summed E-state index contributed by atoms with van der Waals surface area (Å²) in [6.45, 7) is 0.406. The molecule has 1 fully saturated rings. The molecule has 1 aliphatic heterocycles. The van der Waals surface area contributed by atoms with Crippen LogP contribution in [0, 0.1) is 5.82 Å². The number of halogens is 4. The van der Waals surface area contributed by atoms with Gasteiger partial charge in [-0.15, -0.1) is 0 Å².